The Labute approximate surface area is 163 Å². The van der Waals surface area contributed by atoms with E-state index in [1.807, 2.05) is 12.1 Å². The number of benzene rings is 1. The summed E-state index contributed by atoms with van der Waals surface area (Å²) in [5.74, 6) is 0.666. The summed E-state index contributed by atoms with van der Waals surface area (Å²) in [6, 6.07) is 6.65. The second kappa shape index (κ2) is 14.5. The number of guanidine groups is 1. The van der Waals surface area contributed by atoms with E-state index in [0.717, 1.165) is 63.6 Å². The van der Waals surface area contributed by atoms with Crippen molar-refractivity contribution in [1.82, 2.24) is 15.5 Å². The average Bonchev–Trinajstić information content (AvgIpc) is 2.56. The predicted molar refractivity (Wildman–Crippen MR) is 112 cm³/mol. The van der Waals surface area contributed by atoms with Crippen molar-refractivity contribution in [3.63, 3.8) is 0 Å². The lowest BCUT2D eigenvalue weighted by Crippen LogP contribution is -2.38. The van der Waals surface area contributed by atoms with Gasteiger partial charge in [0.25, 0.3) is 0 Å². The van der Waals surface area contributed by atoms with Gasteiger partial charge in [-0.15, -0.1) is 24.0 Å². The maximum absolute atomic E-state index is 12.9. The normalized spacial score (nSPS) is 11.3. The SMILES string of the molecule is CCNC(=NCCCN(CC)CC)NCCc1ccc(F)cc1.I. The van der Waals surface area contributed by atoms with Gasteiger partial charge >= 0.3 is 0 Å². The molecule has 0 bridgehead atoms. The molecule has 24 heavy (non-hydrogen) atoms. The van der Waals surface area contributed by atoms with Gasteiger partial charge in [-0.1, -0.05) is 26.0 Å². The number of hydrogen-bond donors (Lipinski definition) is 2. The molecule has 0 fully saturated rings. The lowest BCUT2D eigenvalue weighted by atomic mass is 10.1. The van der Waals surface area contributed by atoms with Crippen LogP contribution in [0, 0.1) is 5.82 Å². The van der Waals surface area contributed by atoms with E-state index < -0.39 is 0 Å². The van der Waals surface area contributed by atoms with Crippen LogP contribution in [-0.4, -0.2) is 50.1 Å². The largest absolute Gasteiger partial charge is 0.357 e. The summed E-state index contributed by atoms with van der Waals surface area (Å²) in [5.41, 5.74) is 1.12. The second-order valence-corrected chi connectivity index (χ2v) is 5.44. The summed E-state index contributed by atoms with van der Waals surface area (Å²) < 4.78 is 12.9. The van der Waals surface area contributed by atoms with E-state index in [1.165, 1.54) is 12.1 Å². The minimum Gasteiger partial charge on any atom is -0.357 e. The molecule has 0 aliphatic rings. The Kier molecular flexibility index (Phi) is 13.9. The summed E-state index contributed by atoms with van der Waals surface area (Å²) in [4.78, 5) is 7.01. The topological polar surface area (TPSA) is 39.7 Å². The van der Waals surface area contributed by atoms with Gasteiger partial charge < -0.3 is 15.5 Å². The molecule has 0 aliphatic carbocycles. The van der Waals surface area contributed by atoms with Crippen molar-refractivity contribution in [1.29, 1.82) is 0 Å². The van der Waals surface area contributed by atoms with E-state index in [0.29, 0.717) is 0 Å². The molecule has 0 saturated heterocycles. The highest BCUT2D eigenvalue weighted by Crippen LogP contribution is 2.02. The molecule has 1 rings (SSSR count). The van der Waals surface area contributed by atoms with Crippen LogP contribution in [0.25, 0.3) is 0 Å². The van der Waals surface area contributed by atoms with Gasteiger partial charge in [-0.05, 0) is 57.1 Å². The number of aliphatic imine (C=N–C) groups is 1. The standard InChI is InChI=1S/C18H31FN4.HI/c1-4-20-18(21-13-7-15-23(5-2)6-3)22-14-12-16-8-10-17(19)11-9-16;/h8-11H,4-7,12-15H2,1-3H3,(H2,20,21,22);1H. The van der Waals surface area contributed by atoms with Crippen molar-refractivity contribution in [3.8, 4) is 0 Å². The molecule has 138 valence electrons. The minimum absolute atomic E-state index is 0. The molecular formula is C18H32FIN4. The predicted octanol–water partition coefficient (Wildman–Crippen LogP) is 3.27. The highest BCUT2D eigenvalue weighted by atomic mass is 127. The first-order chi connectivity index (χ1) is 11.2. The Morgan fingerprint density at radius 1 is 1.08 bits per heavy atom. The van der Waals surface area contributed by atoms with Gasteiger partial charge in [-0.3, -0.25) is 4.99 Å². The van der Waals surface area contributed by atoms with Crippen LogP contribution in [0.5, 0.6) is 0 Å². The zero-order chi connectivity index (χ0) is 16.9. The third-order valence-electron chi connectivity index (χ3n) is 3.76. The lowest BCUT2D eigenvalue weighted by Gasteiger charge is -2.17. The Balaban J connectivity index is 0.00000529. The van der Waals surface area contributed by atoms with Crippen molar-refractivity contribution in [3.05, 3.63) is 35.6 Å². The molecule has 6 heteroatoms. The molecule has 0 amide bonds. The van der Waals surface area contributed by atoms with Gasteiger partial charge in [0.2, 0.25) is 0 Å². The van der Waals surface area contributed by atoms with E-state index in [4.69, 9.17) is 0 Å². The lowest BCUT2D eigenvalue weighted by molar-refractivity contribution is 0.302. The molecule has 0 radical (unpaired) electrons. The van der Waals surface area contributed by atoms with Crippen molar-refractivity contribution in [2.24, 2.45) is 4.99 Å². The smallest absolute Gasteiger partial charge is 0.191 e. The highest BCUT2D eigenvalue weighted by molar-refractivity contribution is 14.0. The fourth-order valence-electron chi connectivity index (χ4n) is 2.34. The molecule has 1 aromatic rings. The summed E-state index contributed by atoms with van der Waals surface area (Å²) >= 11 is 0. The third kappa shape index (κ3) is 10.1. The van der Waals surface area contributed by atoms with Crippen LogP contribution in [-0.2, 0) is 6.42 Å². The van der Waals surface area contributed by atoms with Gasteiger partial charge in [-0.2, -0.15) is 0 Å². The summed E-state index contributed by atoms with van der Waals surface area (Å²) in [6.07, 6.45) is 1.92. The Morgan fingerprint density at radius 2 is 1.75 bits per heavy atom. The Bertz CT molecular complexity index is 447. The van der Waals surface area contributed by atoms with E-state index in [9.17, 15) is 4.39 Å². The maximum Gasteiger partial charge on any atom is 0.191 e. The van der Waals surface area contributed by atoms with Gasteiger partial charge in [0, 0.05) is 19.6 Å². The highest BCUT2D eigenvalue weighted by Gasteiger charge is 2.00. The monoisotopic (exact) mass is 450 g/mol. The molecule has 0 aromatic heterocycles. The number of nitrogens with zero attached hydrogens (tertiary/aromatic N) is 2. The van der Waals surface area contributed by atoms with Crippen LogP contribution in [0.3, 0.4) is 0 Å². The third-order valence-corrected chi connectivity index (χ3v) is 3.76. The molecule has 0 atom stereocenters. The molecule has 4 nitrogen and oxygen atoms in total. The molecular weight excluding hydrogens is 418 g/mol. The van der Waals surface area contributed by atoms with Crippen LogP contribution in [0.4, 0.5) is 4.39 Å². The zero-order valence-electron chi connectivity index (χ0n) is 15.1. The fourth-order valence-corrected chi connectivity index (χ4v) is 2.34. The van der Waals surface area contributed by atoms with E-state index in [2.05, 4.69) is 41.3 Å². The molecule has 0 saturated carbocycles. The molecule has 0 heterocycles. The van der Waals surface area contributed by atoms with Gasteiger partial charge in [-0.25, -0.2) is 4.39 Å². The van der Waals surface area contributed by atoms with Crippen LogP contribution in [0.2, 0.25) is 0 Å². The Morgan fingerprint density at radius 3 is 2.33 bits per heavy atom. The summed E-state index contributed by atoms with van der Waals surface area (Å²) in [6.45, 7) is 12.2. The maximum atomic E-state index is 12.9. The zero-order valence-corrected chi connectivity index (χ0v) is 17.5. The number of halogens is 2. The Hall–Kier alpha value is -0.890. The van der Waals surface area contributed by atoms with Crippen LogP contribution >= 0.6 is 24.0 Å². The van der Waals surface area contributed by atoms with E-state index in [-0.39, 0.29) is 29.8 Å². The molecule has 2 N–H and O–H groups in total. The van der Waals surface area contributed by atoms with E-state index >= 15 is 0 Å². The molecule has 0 unspecified atom stereocenters. The number of rotatable bonds is 10. The first kappa shape index (κ1) is 23.1. The van der Waals surface area contributed by atoms with Crippen LogP contribution < -0.4 is 10.6 Å². The molecule has 0 spiro atoms. The van der Waals surface area contributed by atoms with Crippen LogP contribution in [0.15, 0.2) is 29.3 Å². The molecule has 0 aliphatic heterocycles. The van der Waals surface area contributed by atoms with E-state index in [1.54, 1.807) is 0 Å². The summed E-state index contributed by atoms with van der Waals surface area (Å²) in [7, 11) is 0. The first-order valence-corrected chi connectivity index (χ1v) is 8.68. The van der Waals surface area contributed by atoms with Gasteiger partial charge in [0.15, 0.2) is 5.96 Å². The average molecular weight is 450 g/mol. The minimum atomic E-state index is -0.190. The van der Waals surface area contributed by atoms with Crippen molar-refractivity contribution >= 4 is 29.9 Å². The second-order valence-electron chi connectivity index (χ2n) is 5.44. The fraction of sp³-hybridized carbons (Fsp3) is 0.611. The quantitative estimate of drug-likeness (QED) is 0.249. The number of hydrogen-bond acceptors (Lipinski definition) is 2. The van der Waals surface area contributed by atoms with Crippen molar-refractivity contribution < 1.29 is 4.39 Å². The molecule has 1 aromatic carbocycles. The number of nitrogens with one attached hydrogen (secondary N) is 2. The first-order valence-electron chi connectivity index (χ1n) is 8.68. The van der Waals surface area contributed by atoms with Crippen LogP contribution in [0.1, 0.15) is 32.8 Å². The summed E-state index contributed by atoms with van der Waals surface area (Å²) in [5, 5.41) is 6.59. The van der Waals surface area contributed by atoms with Crippen molar-refractivity contribution in [2.45, 2.75) is 33.6 Å². The van der Waals surface area contributed by atoms with Gasteiger partial charge in [0.1, 0.15) is 5.82 Å². The van der Waals surface area contributed by atoms with Gasteiger partial charge in [0.05, 0.1) is 0 Å². The van der Waals surface area contributed by atoms with Crippen molar-refractivity contribution in [2.75, 3.05) is 39.3 Å².